The molecule has 1 fully saturated rings. The van der Waals surface area contributed by atoms with Gasteiger partial charge in [0.15, 0.2) is 0 Å². The van der Waals surface area contributed by atoms with E-state index in [2.05, 4.69) is 5.32 Å². The minimum atomic E-state index is -0.532. The van der Waals surface area contributed by atoms with Gasteiger partial charge in [-0.05, 0) is 24.3 Å². The van der Waals surface area contributed by atoms with Crippen LogP contribution in [0.3, 0.4) is 0 Å². The van der Waals surface area contributed by atoms with Crippen molar-refractivity contribution in [2.24, 2.45) is 0 Å². The summed E-state index contributed by atoms with van der Waals surface area (Å²) >= 11 is 0. The number of morpholine rings is 1. The number of hydrogen-bond donors (Lipinski definition) is 2. The highest BCUT2D eigenvalue weighted by atomic mass is 16.5. The topological polar surface area (TPSA) is 88.1 Å². The van der Waals surface area contributed by atoms with E-state index in [-0.39, 0.29) is 24.2 Å². The van der Waals surface area contributed by atoms with E-state index in [1.54, 1.807) is 0 Å². The van der Waals surface area contributed by atoms with Crippen molar-refractivity contribution in [2.45, 2.75) is 6.04 Å². The van der Waals surface area contributed by atoms with Gasteiger partial charge in [-0.25, -0.2) is 0 Å². The minimum absolute atomic E-state index is 0.0947. The average Bonchev–Trinajstić information content (AvgIpc) is 2.56. The zero-order chi connectivity index (χ0) is 15.9. The Morgan fingerprint density at radius 3 is 2.55 bits per heavy atom. The summed E-state index contributed by atoms with van der Waals surface area (Å²) in [4.78, 5) is 25.9. The molecule has 22 heavy (non-hydrogen) atoms. The predicted molar refractivity (Wildman–Crippen MR) is 78.6 cm³/mol. The first-order valence-electron chi connectivity index (χ1n) is 7.08. The molecular formula is C15H20N2O5. The number of benzene rings is 1. The van der Waals surface area contributed by atoms with Crippen LogP contribution < -0.4 is 5.32 Å². The highest BCUT2D eigenvalue weighted by Gasteiger charge is 2.28. The molecule has 0 radical (unpaired) electrons. The summed E-state index contributed by atoms with van der Waals surface area (Å²) in [6.45, 7) is 2.51. The van der Waals surface area contributed by atoms with Crippen LogP contribution in [0.25, 0.3) is 0 Å². The lowest BCUT2D eigenvalue weighted by molar-refractivity contribution is -0.148. The summed E-state index contributed by atoms with van der Waals surface area (Å²) in [7, 11) is 1.33. The summed E-state index contributed by atoms with van der Waals surface area (Å²) in [5.74, 6) is -0.590. The molecule has 0 bridgehead atoms. The van der Waals surface area contributed by atoms with Crippen LogP contribution in [0.5, 0.6) is 5.75 Å². The minimum Gasteiger partial charge on any atom is -0.508 e. The van der Waals surface area contributed by atoms with Crippen molar-refractivity contribution in [3.8, 4) is 5.75 Å². The Balaban J connectivity index is 1.96. The number of nitrogens with zero attached hydrogens (tertiary/aromatic N) is 1. The molecule has 1 aliphatic heterocycles. The Hall–Kier alpha value is -2.12. The lowest BCUT2D eigenvalue weighted by Gasteiger charge is -2.32. The zero-order valence-electron chi connectivity index (χ0n) is 12.4. The third kappa shape index (κ3) is 4.19. The summed E-state index contributed by atoms with van der Waals surface area (Å²) in [5.41, 5.74) is 0.420. The Bertz CT molecular complexity index is 511. The number of carbonyl (C=O) groups is 2. The van der Waals surface area contributed by atoms with E-state index in [1.165, 1.54) is 31.4 Å². The van der Waals surface area contributed by atoms with Crippen LogP contribution >= 0.6 is 0 Å². The highest BCUT2D eigenvalue weighted by molar-refractivity contribution is 5.94. The van der Waals surface area contributed by atoms with Crippen molar-refractivity contribution in [2.75, 3.05) is 40.0 Å². The number of esters is 1. The molecule has 7 nitrogen and oxygen atoms in total. The third-order valence-electron chi connectivity index (χ3n) is 3.55. The van der Waals surface area contributed by atoms with E-state index in [9.17, 15) is 14.7 Å². The van der Waals surface area contributed by atoms with Gasteiger partial charge in [-0.2, -0.15) is 0 Å². The van der Waals surface area contributed by atoms with Crippen molar-refractivity contribution in [3.05, 3.63) is 29.8 Å². The van der Waals surface area contributed by atoms with Crippen LogP contribution in [-0.2, 0) is 14.3 Å². The average molecular weight is 308 g/mol. The number of rotatable bonds is 5. The molecule has 0 saturated carbocycles. The Kier molecular flexibility index (Phi) is 5.74. The number of nitrogens with one attached hydrogen (secondary N) is 1. The smallest absolute Gasteiger partial charge is 0.324 e. The molecule has 1 aromatic carbocycles. The summed E-state index contributed by atoms with van der Waals surface area (Å²) in [6.07, 6.45) is 0. The fraction of sp³-hybridized carbons (Fsp3) is 0.467. The zero-order valence-corrected chi connectivity index (χ0v) is 12.4. The van der Waals surface area contributed by atoms with Gasteiger partial charge in [0.25, 0.3) is 5.91 Å². The molecule has 1 saturated heterocycles. The number of phenolic OH excluding ortho intramolecular Hbond substituents is 1. The molecule has 2 rings (SSSR count). The Morgan fingerprint density at radius 1 is 1.32 bits per heavy atom. The molecule has 1 aromatic rings. The maximum Gasteiger partial charge on any atom is 0.324 e. The van der Waals surface area contributed by atoms with Crippen LogP contribution in [0, 0.1) is 0 Å². The SMILES string of the molecule is COC(=O)[C@H](CNC(=O)c1ccc(O)cc1)N1CCOCC1. The summed E-state index contributed by atoms with van der Waals surface area (Å²) < 4.78 is 10.1. The van der Waals surface area contributed by atoms with Crippen molar-refractivity contribution in [1.82, 2.24) is 10.2 Å². The molecule has 1 aliphatic rings. The maximum atomic E-state index is 12.1. The standard InChI is InChI=1S/C15H20N2O5/c1-21-15(20)13(17-6-8-22-9-7-17)10-16-14(19)11-2-4-12(18)5-3-11/h2-5,13,18H,6-10H2,1H3,(H,16,19)/t13-/m0/s1. The quantitative estimate of drug-likeness (QED) is 0.744. The summed E-state index contributed by atoms with van der Waals surface area (Å²) in [5, 5.41) is 11.9. The van der Waals surface area contributed by atoms with Crippen molar-refractivity contribution in [1.29, 1.82) is 0 Å². The first kappa shape index (κ1) is 16.3. The fourth-order valence-corrected chi connectivity index (χ4v) is 2.29. The van der Waals surface area contributed by atoms with Gasteiger partial charge < -0.3 is 19.9 Å². The molecule has 0 aromatic heterocycles. The highest BCUT2D eigenvalue weighted by Crippen LogP contribution is 2.10. The molecule has 7 heteroatoms. The van der Waals surface area contributed by atoms with Gasteiger partial charge in [-0.1, -0.05) is 0 Å². The van der Waals surface area contributed by atoms with Crippen molar-refractivity contribution in [3.63, 3.8) is 0 Å². The van der Waals surface area contributed by atoms with Gasteiger partial charge >= 0.3 is 5.97 Å². The number of methoxy groups -OCH3 is 1. The molecule has 2 N–H and O–H groups in total. The van der Waals surface area contributed by atoms with E-state index >= 15 is 0 Å². The molecule has 0 unspecified atom stereocenters. The van der Waals surface area contributed by atoms with Crippen LogP contribution in [-0.4, -0.2) is 67.9 Å². The molecule has 0 aliphatic carbocycles. The monoisotopic (exact) mass is 308 g/mol. The molecular weight excluding hydrogens is 288 g/mol. The molecule has 1 amide bonds. The third-order valence-corrected chi connectivity index (χ3v) is 3.55. The number of phenols is 1. The van der Waals surface area contributed by atoms with Gasteiger partial charge in [-0.3, -0.25) is 14.5 Å². The lowest BCUT2D eigenvalue weighted by Crippen LogP contribution is -2.52. The van der Waals surface area contributed by atoms with E-state index in [1.807, 2.05) is 4.90 Å². The van der Waals surface area contributed by atoms with E-state index in [0.717, 1.165) is 0 Å². The van der Waals surface area contributed by atoms with Crippen molar-refractivity contribution < 1.29 is 24.2 Å². The van der Waals surface area contributed by atoms with Crippen molar-refractivity contribution >= 4 is 11.9 Å². The van der Waals surface area contributed by atoms with Gasteiger partial charge in [0, 0.05) is 25.2 Å². The number of carbonyl (C=O) groups excluding carboxylic acids is 2. The molecule has 1 atom stereocenters. The maximum absolute atomic E-state index is 12.1. The van der Waals surface area contributed by atoms with Gasteiger partial charge in [0.1, 0.15) is 11.8 Å². The molecule has 120 valence electrons. The van der Waals surface area contributed by atoms with Crippen LogP contribution in [0.2, 0.25) is 0 Å². The normalized spacial score (nSPS) is 16.8. The fourth-order valence-electron chi connectivity index (χ4n) is 2.29. The number of aromatic hydroxyl groups is 1. The molecule has 1 heterocycles. The lowest BCUT2D eigenvalue weighted by atomic mass is 10.2. The van der Waals surface area contributed by atoms with Crippen LogP contribution in [0.15, 0.2) is 24.3 Å². The first-order chi connectivity index (χ1) is 10.6. The summed E-state index contributed by atoms with van der Waals surface area (Å²) in [6, 6.07) is 5.39. The van der Waals surface area contributed by atoms with E-state index in [0.29, 0.717) is 31.9 Å². The van der Waals surface area contributed by atoms with Gasteiger partial charge in [0.05, 0.1) is 20.3 Å². The van der Waals surface area contributed by atoms with Crippen LogP contribution in [0.1, 0.15) is 10.4 Å². The number of amides is 1. The number of ether oxygens (including phenoxy) is 2. The Morgan fingerprint density at radius 2 is 1.95 bits per heavy atom. The largest absolute Gasteiger partial charge is 0.508 e. The number of hydrogen-bond acceptors (Lipinski definition) is 6. The second-order valence-electron chi connectivity index (χ2n) is 4.94. The molecule has 0 spiro atoms. The van der Waals surface area contributed by atoms with Gasteiger partial charge in [-0.15, -0.1) is 0 Å². The van der Waals surface area contributed by atoms with E-state index < -0.39 is 6.04 Å². The Labute approximate surface area is 128 Å². The second-order valence-corrected chi connectivity index (χ2v) is 4.94. The van der Waals surface area contributed by atoms with Crippen LogP contribution in [0.4, 0.5) is 0 Å². The second kappa shape index (κ2) is 7.77. The first-order valence-corrected chi connectivity index (χ1v) is 7.08. The predicted octanol–water partition coefficient (Wildman–Crippen LogP) is -0.00420. The van der Waals surface area contributed by atoms with E-state index in [4.69, 9.17) is 9.47 Å². The van der Waals surface area contributed by atoms with Gasteiger partial charge in [0.2, 0.25) is 0 Å².